The molecule has 0 N–H and O–H groups in total. The molecule has 0 atom stereocenters. The van der Waals surface area contributed by atoms with Crippen LogP contribution in [0.1, 0.15) is 12.8 Å². The number of hydrogen-bond acceptors (Lipinski definition) is 3. The molecular weight excluding hydrogens is 170 g/mol. The Labute approximate surface area is 69.7 Å². The highest BCUT2D eigenvalue weighted by molar-refractivity contribution is 6.17. The van der Waals surface area contributed by atoms with Gasteiger partial charge in [-0.2, -0.15) is 0 Å². The van der Waals surface area contributed by atoms with Crippen LogP contribution in [0.4, 0.5) is 0 Å². The highest BCUT2D eigenvalue weighted by Gasteiger charge is 2.18. The van der Waals surface area contributed by atoms with E-state index in [0.29, 0.717) is 4.97 Å². The SMILES string of the molecule is [O-]/[N+](=N/OCCl)N1CCCC1. The zero-order valence-corrected chi connectivity index (χ0v) is 6.83. The molecule has 0 radical (unpaired) electrons. The molecule has 0 aromatic heterocycles. The lowest BCUT2D eigenvalue weighted by atomic mass is 10.4. The van der Waals surface area contributed by atoms with Gasteiger partial charge >= 0.3 is 0 Å². The Bertz CT molecular complexity index is 147. The van der Waals surface area contributed by atoms with Crippen molar-refractivity contribution in [1.29, 1.82) is 0 Å². The molecule has 1 aliphatic heterocycles. The molecule has 1 heterocycles. The van der Waals surface area contributed by atoms with Crippen LogP contribution in [-0.2, 0) is 4.84 Å². The van der Waals surface area contributed by atoms with E-state index in [2.05, 4.69) is 10.1 Å². The Morgan fingerprint density at radius 2 is 2.18 bits per heavy atom. The van der Waals surface area contributed by atoms with Crippen molar-refractivity contribution in [1.82, 2.24) is 5.01 Å². The van der Waals surface area contributed by atoms with Gasteiger partial charge in [-0.15, -0.1) is 5.01 Å². The molecule has 0 saturated carbocycles. The first-order chi connectivity index (χ1) is 5.34. The quantitative estimate of drug-likeness (QED) is 0.282. The van der Waals surface area contributed by atoms with Gasteiger partial charge in [-0.3, -0.25) is 0 Å². The number of alkyl halides is 1. The van der Waals surface area contributed by atoms with Crippen molar-refractivity contribution in [2.75, 3.05) is 19.2 Å². The molecule has 1 fully saturated rings. The molecule has 6 heteroatoms. The summed E-state index contributed by atoms with van der Waals surface area (Å²) >= 11 is 5.15. The predicted octanol–water partition coefficient (Wildman–Crippen LogP) is 1.09. The van der Waals surface area contributed by atoms with Crippen LogP contribution < -0.4 is 0 Å². The van der Waals surface area contributed by atoms with Gasteiger partial charge in [-0.25, -0.2) is 0 Å². The lowest BCUT2D eigenvalue weighted by molar-refractivity contribution is -0.706. The van der Waals surface area contributed by atoms with Crippen molar-refractivity contribution >= 4 is 11.6 Å². The minimum absolute atomic E-state index is 0.0907. The van der Waals surface area contributed by atoms with Crippen LogP contribution in [0.3, 0.4) is 0 Å². The first-order valence-electron chi connectivity index (χ1n) is 3.45. The van der Waals surface area contributed by atoms with Crippen LogP contribution in [0.15, 0.2) is 5.28 Å². The topological polar surface area (TPSA) is 50.9 Å². The van der Waals surface area contributed by atoms with E-state index in [0.717, 1.165) is 25.9 Å². The zero-order chi connectivity index (χ0) is 8.10. The summed E-state index contributed by atoms with van der Waals surface area (Å²) in [6.45, 7) is 1.50. The van der Waals surface area contributed by atoms with Crippen LogP contribution in [0.5, 0.6) is 0 Å². The van der Waals surface area contributed by atoms with Crippen LogP contribution in [-0.4, -0.2) is 29.1 Å². The summed E-state index contributed by atoms with van der Waals surface area (Å²) in [5.41, 5.74) is 0. The molecule has 0 bridgehead atoms. The Morgan fingerprint density at radius 3 is 2.73 bits per heavy atom. The third-order valence-corrected chi connectivity index (χ3v) is 1.60. The largest absolute Gasteiger partial charge is 0.569 e. The van der Waals surface area contributed by atoms with Crippen molar-refractivity contribution < 1.29 is 9.81 Å². The second-order valence-corrected chi connectivity index (χ2v) is 2.45. The standard InChI is InChI=1S/C5H10ClN3O2/c6-5-11-7-9(10)8-3-1-2-4-8/h1-5H2/b9-7+. The van der Waals surface area contributed by atoms with Crippen molar-refractivity contribution in [3.05, 3.63) is 5.21 Å². The first kappa shape index (κ1) is 8.39. The maximum atomic E-state index is 10.9. The van der Waals surface area contributed by atoms with Gasteiger partial charge in [-0.05, 0) is 12.8 Å². The predicted molar refractivity (Wildman–Crippen MR) is 38.7 cm³/mol. The molecule has 0 aromatic rings. The fourth-order valence-corrected chi connectivity index (χ4v) is 1.04. The lowest BCUT2D eigenvalue weighted by Gasteiger charge is -2.09. The third kappa shape index (κ3) is 2.42. The first-order valence-corrected chi connectivity index (χ1v) is 3.99. The third-order valence-electron chi connectivity index (χ3n) is 1.50. The summed E-state index contributed by atoms with van der Waals surface area (Å²) < 4.78 is 0. The molecule has 0 unspecified atom stereocenters. The highest BCUT2D eigenvalue weighted by atomic mass is 35.5. The average molecular weight is 180 g/mol. The molecule has 0 spiro atoms. The Balaban J connectivity index is 2.32. The highest BCUT2D eigenvalue weighted by Crippen LogP contribution is 2.07. The van der Waals surface area contributed by atoms with Gasteiger partial charge in [0.25, 0.3) is 0 Å². The minimum Gasteiger partial charge on any atom is -0.569 e. The van der Waals surface area contributed by atoms with E-state index >= 15 is 0 Å². The summed E-state index contributed by atoms with van der Waals surface area (Å²) in [7, 11) is 0. The van der Waals surface area contributed by atoms with Crippen LogP contribution in [0.25, 0.3) is 0 Å². The summed E-state index contributed by atoms with van der Waals surface area (Å²) in [4.78, 5) is 4.82. The van der Waals surface area contributed by atoms with E-state index in [4.69, 9.17) is 11.6 Å². The van der Waals surface area contributed by atoms with Gasteiger partial charge in [0.05, 0.1) is 18.1 Å². The molecule has 11 heavy (non-hydrogen) atoms. The smallest absolute Gasteiger partial charge is 0.234 e. The molecule has 0 amide bonds. The van der Waals surface area contributed by atoms with Gasteiger partial charge < -0.3 is 10.0 Å². The lowest BCUT2D eigenvalue weighted by Crippen LogP contribution is -2.27. The second-order valence-electron chi connectivity index (χ2n) is 2.23. The molecule has 1 aliphatic rings. The molecular formula is C5H10ClN3O2. The fourth-order valence-electron chi connectivity index (χ4n) is 0.994. The molecule has 5 nitrogen and oxygen atoms in total. The fraction of sp³-hybridized carbons (Fsp3) is 1.00. The van der Waals surface area contributed by atoms with E-state index in [1.165, 1.54) is 0 Å². The van der Waals surface area contributed by atoms with Crippen molar-refractivity contribution in [3.8, 4) is 0 Å². The average Bonchev–Trinajstić information content (AvgIpc) is 2.52. The van der Waals surface area contributed by atoms with Crippen LogP contribution >= 0.6 is 11.6 Å². The van der Waals surface area contributed by atoms with Crippen LogP contribution in [0.2, 0.25) is 0 Å². The van der Waals surface area contributed by atoms with Gasteiger partial charge in [0.15, 0.2) is 6.07 Å². The Hall–Kier alpha value is -0.710. The number of halogens is 1. The maximum absolute atomic E-state index is 10.9. The summed E-state index contributed by atoms with van der Waals surface area (Å²) in [6.07, 6.45) is 2.07. The maximum Gasteiger partial charge on any atom is 0.234 e. The van der Waals surface area contributed by atoms with Crippen molar-refractivity contribution in [2.45, 2.75) is 12.8 Å². The van der Waals surface area contributed by atoms with E-state index in [1.54, 1.807) is 5.01 Å². The van der Waals surface area contributed by atoms with E-state index < -0.39 is 0 Å². The molecule has 64 valence electrons. The van der Waals surface area contributed by atoms with Crippen molar-refractivity contribution in [3.63, 3.8) is 0 Å². The Kier molecular flexibility index (Phi) is 3.22. The number of nitrogens with zero attached hydrogens (tertiary/aromatic N) is 3. The summed E-state index contributed by atoms with van der Waals surface area (Å²) in [5, 5.41) is 15.7. The summed E-state index contributed by atoms with van der Waals surface area (Å²) in [6, 6.07) is -0.0907. The number of hydrazine groups is 1. The van der Waals surface area contributed by atoms with E-state index in [-0.39, 0.29) is 6.07 Å². The van der Waals surface area contributed by atoms with Gasteiger partial charge in [0, 0.05) is 0 Å². The zero-order valence-electron chi connectivity index (χ0n) is 6.07. The molecule has 1 rings (SSSR count). The van der Waals surface area contributed by atoms with Gasteiger partial charge in [-0.1, -0.05) is 11.6 Å². The van der Waals surface area contributed by atoms with Gasteiger partial charge in [0.1, 0.15) is 0 Å². The van der Waals surface area contributed by atoms with Crippen molar-refractivity contribution in [2.24, 2.45) is 5.28 Å². The van der Waals surface area contributed by atoms with Gasteiger partial charge in [0.2, 0.25) is 5.28 Å². The minimum atomic E-state index is -0.0907. The molecule has 1 saturated heterocycles. The number of rotatable bonds is 3. The van der Waals surface area contributed by atoms with Crippen LogP contribution in [0, 0.1) is 5.21 Å². The number of hydrogen-bond donors (Lipinski definition) is 0. The monoisotopic (exact) mass is 179 g/mol. The molecule has 0 aromatic carbocycles. The normalized spacial score (nSPS) is 19.0. The summed E-state index contributed by atoms with van der Waals surface area (Å²) in [5.74, 6) is 0. The van der Waals surface area contributed by atoms with E-state index in [1.807, 2.05) is 0 Å². The Morgan fingerprint density at radius 1 is 1.55 bits per heavy atom. The second kappa shape index (κ2) is 4.23. The molecule has 0 aliphatic carbocycles. The van der Waals surface area contributed by atoms with E-state index in [9.17, 15) is 5.21 Å².